The fraction of sp³-hybridized carbons (Fsp3) is 0. The number of para-hydroxylation sites is 1. The van der Waals surface area contributed by atoms with Gasteiger partial charge in [0.15, 0.2) is 17.5 Å². The summed E-state index contributed by atoms with van der Waals surface area (Å²) in [7, 11) is 0. The molecular formula is C53H33N3O. The van der Waals surface area contributed by atoms with Crippen molar-refractivity contribution in [2.45, 2.75) is 0 Å². The van der Waals surface area contributed by atoms with Gasteiger partial charge in [0.25, 0.3) is 0 Å². The highest BCUT2D eigenvalue weighted by atomic mass is 16.3. The minimum atomic E-state index is 0.624. The van der Waals surface area contributed by atoms with Gasteiger partial charge in [-0.05, 0) is 91.3 Å². The minimum absolute atomic E-state index is 0.624. The van der Waals surface area contributed by atoms with Crippen LogP contribution in [0.5, 0.6) is 0 Å². The highest BCUT2D eigenvalue weighted by Gasteiger charge is 2.17. The summed E-state index contributed by atoms with van der Waals surface area (Å²) >= 11 is 0. The van der Waals surface area contributed by atoms with Crippen LogP contribution < -0.4 is 0 Å². The van der Waals surface area contributed by atoms with Crippen molar-refractivity contribution >= 4 is 43.5 Å². The number of furan rings is 1. The first kappa shape index (κ1) is 32.7. The van der Waals surface area contributed by atoms with Crippen LogP contribution in [-0.2, 0) is 0 Å². The van der Waals surface area contributed by atoms with Crippen LogP contribution in [0.3, 0.4) is 0 Å². The first-order chi connectivity index (χ1) is 28.2. The Bertz CT molecular complexity index is 3310. The molecule has 9 aromatic carbocycles. The smallest absolute Gasteiger partial charge is 0.164 e. The van der Waals surface area contributed by atoms with Crippen LogP contribution >= 0.6 is 0 Å². The molecule has 0 fully saturated rings. The second-order valence-electron chi connectivity index (χ2n) is 14.4. The lowest BCUT2D eigenvalue weighted by Gasteiger charge is -2.13. The Kier molecular flexibility index (Phi) is 7.78. The largest absolute Gasteiger partial charge is 0.456 e. The van der Waals surface area contributed by atoms with Gasteiger partial charge >= 0.3 is 0 Å². The summed E-state index contributed by atoms with van der Waals surface area (Å²) in [5.74, 6) is 1.89. The Labute approximate surface area is 329 Å². The topological polar surface area (TPSA) is 51.8 Å². The molecule has 266 valence electrons. The van der Waals surface area contributed by atoms with Crippen LogP contribution in [0, 0.1) is 0 Å². The van der Waals surface area contributed by atoms with Crippen molar-refractivity contribution < 1.29 is 4.42 Å². The predicted molar refractivity (Wildman–Crippen MR) is 235 cm³/mol. The number of hydrogen-bond acceptors (Lipinski definition) is 4. The second kappa shape index (κ2) is 13.6. The standard InChI is InChI=1S/C53H33N3O/c1-2-13-35(14-3-1)44-18-6-7-19-46(44)53-55-51(54-52(56-53)43-29-24-34-12-4-5-15-36(34)32-43)42-17-10-16-37(33-42)38-25-26-40-31-41(28-27-39(40)30-38)45-21-11-23-49-50(45)47-20-8-9-22-48(47)57-49/h1-33H. The van der Waals surface area contributed by atoms with E-state index in [4.69, 9.17) is 19.4 Å². The van der Waals surface area contributed by atoms with Crippen LogP contribution in [0.2, 0.25) is 0 Å². The van der Waals surface area contributed by atoms with Gasteiger partial charge in [0.1, 0.15) is 11.2 Å². The molecule has 0 bridgehead atoms. The molecule has 0 aliphatic rings. The van der Waals surface area contributed by atoms with Gasteiger partial charge in [-0.1, -0.05) is 164 Å². The van der Waals surface area contributed by atoms with Gasteiger partial charge in [-0.3, -0.25) is 0 Å². The zero-order valence-electron chi connectivity index (χ0n) is 30.8. The number of hydrogen-bond donors (Lipinski definition) is 0. The maximum absolute atomic E-state index is 6.19. The van der Waals surface area contributed by atoms with E-state index in [0.29, 0.717) is 17.5 Å². The van der Waals surface area contributed by atoms with Crippen LogP contribution in [-0.4, -0.2) is 15.0 Å². The average molecular weight is 728 g/mol. The Hall–Kier alpha value is -7.69. The molecule has 0 saturated carbocycles. The normalized spacial score (nSPS) is 11.5. The lowest BCUT2D eigenvalue weighted by atomic mass is 9.95. The van der Waals surface area contributed by atoms with Crippen molar-refractivity contribution in [2.75, 3.05) is 0 Å². The number of rotatable bonds is 6. The zero-order chi connectivity index (χ0) is 37.7. The van der Waals surface area contributed by atoms with E-state index in [-0.39, 0.29) is 0 Å². The van der Waals surface area contributed by atoms with Crippen LogP contribution in [0.25, 0.3) is 111 Å². The van der Waals surface area contributed by atoms with E-state index in [1.807, 2.05) is 30.3 Å². The van der Waals surface area contributed by atoms with Gasteiger partial charge < -0.3 is 4.42 Å². The monoisotopic (exact) mass is 727 g/mol. The molecule has 0 N–H and O–H groups in total. The Morgan fingerprint density at radius 3 is 1.65 bits per heavy atom. The van der Waals surface area contributed by atoms with E-state index in [1.54, 1.807) is 0 Å². The van der Waals surface area contributed by atoms with Crippen molar-refractivity contribution in [1.82, 2.24) is 15.0 Å². The van der Waals surface area contributed by atoms with Gasteiger partial charge in [0, 0.05) is 27.5 Å². The average Bonchev–Trinajstić information content (AvgIpc) is 3.68. The molecule has 2 aromatic heterocycles. The quantitative estimate of drug-likeness (QED) is 0.171. The van der Waals surface area contributed by atoms with E-state index >= 15 is 0 Å². The summed E-state index contributed by atoms with van der Waals surface area (Å²) in [6.07, 6.45) is 0. The predicted octanol–water partition coefficient (Wildman–Crippen LogP) is 14.1. The number of benzene rings is 9. The summed E-state index contributed by atoms with van der Waals surface area (Å²) in [6, 6.07) is 70.0. The molecule has 0 saturated heterocycles. The van der Waals surface area contributed by atoms with Crippen LogP contribution in [0.15, 0.2) is 205 Å². The molecule has 0 radical (unpaired) electrons. The third kappa shape index (κ3) is 5.92. The molecule has 0 amide bonds. The molecule has 4 nitrogen and oxygen atoms in total. The molecule has 4 heteroatoms. The molecule has 11 rings (SSSR count). The molecule has 2 heterocycles. The summed E-state index contributed by atoms with van der Waals surface area (Å²) in [5.41, 5.74) is 11.4. The van der Waals surface area contributed by atoms with Crippen LogP contribution in [0.4, 0.5) is 0 Å². The molecule has 0 spiro atoms. The summed E-state index contributed by atoms with van der Waals surface area (Å²) in [4.78, 5) is 15.5. The summed E-state index contributed by atoms with van der Waals surface area (Å²) < 4.78 is 6.19. The third-order valence-electron chi connectivity index (χ3n) is 10.9. The summed E-state index contributed by atoms with van der Waals surface area (Å²) in [6.45, 7) is 0. The van der Waals surface area contributed by atoms with Gasteiger partial charge in [-0.25, -0.2) is 15.0 Å². The maximum atomic E-state index is 6.19. The van der Waals surface area contributed by atoms with Crippen molar-refractivity contribution in [2.24, 2.45) is 0 Å². The third-order valence-corrected chi connectivity index (χ3v) is 10.9. The fourth-order valence-electron chi connectivity index (χ4n) is 8.08. The van der Waals surface area contributed by atoms with E-state index in [0.717, 1.165) is 71.8 Å². The molecule has 0 aliphatic heterocycles. The lowest BCUT2D eigenvalue weighted by molar-refractivity contribution is 0.669. The molecule has 0 aliphatic carbocycles. The Morgan fingerprint density at radius 2 is 0.789 bits per heavy atom. The van der Waals surface area contributed by atoms with Gasteiger partial charge in [0.05, 0.1) is 0 Å². The first-order valence-electron chi connectivity index (χ1n) is 19.2. The van der Waals surface area contributed by atoms with Crippen molar-refractivity contribution in [1.29, 1.82) is 0 Å². The van der Waals surface area contributed by atoms with E-state index in [1.165, 1.54) is 21.7 Å². The van der Waals surface area contributed by atoms with Gasteiger partial charge in [-0.15, -0.1) is 0 Å². The number of aromatic nitrogens is 3. The maximum Gasteiger partial charge on any atom is 0.164 e. The number of fused-ring (bicyclic) bond motifs is 5. The molecule has 0 unspecified atom stereocenters. The fourth-order valence-corrected chi connectivity index (χ4v) is 8.08. The number of nitrogens with zero attached hydrogens (tertiary/aromatic N) is 3. The first-order valence-corrected chi connectivity index (χ1v) is 19.2. The molecule has 11 aromatic rings. The van der Waals surface area contributed by atoms with Crippen molar-refractivity contribution in [3.05, 3.63) is 200 Å². The minimum Gasteiger partial charge on any atom is -0.456 e. The SMILES string of the molecule is c1ccc(-c2ccccc2-c2nc(-c3cccc(-c4ccc5cc(-c6cccc7oc8ccccc8c67)ccc5c4)c3)nc(-c3ccc4ccccc4c3)n2)cc1. The van der Waals surface area contributed by atoms with Crippen LogP contribution in [0.1, 0.15) is 0 Å². The lowest BCUT2D eigenvalue weighted by Crippen LogP contribution is -2.01. The molecular weight excluding hydrogens is 695 g/mol. The Morgan fingerprint density at radius 1 is 0.281 bits per heavy atom. The Balaban J connectivity index is 1.00. The molecule has 0 atom stereocenters. The van der Waals surface area contributed by atoms with Gasteiger partial charge in [-0.2, -0.15) is 0 Å². The highest BCUT2D eigenvalue weighted by molar-refractivity contribution is 6.13. The van der Waals surface area contributed by atoms with E-state index in [9.17, 15) is 0 Å². The molecule has 57 heavy (non-hydrogen) atoms. The summed E-state index contributed by atoms with van der Waals surface area (Å²) in [5, 5.41) is 6.94. The van der Waals surface area contributed by atoms with Crippen molar-refractivity contribution in [3.63, 3.8) is 0 Å². The van der Waals surface area contributed by atoms with E-state index < -0.39 is 0 Å². The zero-order valence-corrected chi connectivity index (χ0v) is 30.8. The van der Waals surface area contributed by atoms with Gasteiger partial charge in [0.2, 0.25) is 0 Å². The second-order valence-corrected chi connectivity index (χ2v) is 14.4. The van der Waals surface area contributed by atoms with Crippen molar-refractivity contribution in [3.8, 4) is 67.5 Å². The van der Waals surface area contributed by atoms with E-state index in [2.05, 4.69) is 170 Å². The highest BCUT2D eigenvalue weighted by Crippen LogP contribution is 2.39.